The smallest absolute Gasteiger partial charge is 0.123 e. The van der Waals surface area contributed by atoms with Gasteiger partial charge in [-0.05, 0) is 69.5 Å². The van der Waals surface area contributed by atoms with E-state index in [4.69, 9.17) is 0 Å². The van der Waals surface area contributed by atoms with Gasteiger partial charge in [0.15, 0.2) is 0 Å². The topological polar surface area (TPSA) is 23.5 Å². The van der Waals surface area contributed by atoms with Gasteiger partial charge in [0, 0.05) is 5.54 Å². The van der Waals surface area contributed by atoms with Crippen LogP contribution < -0.4 is 0 Å². The Labute approximate surface area is 121 Å². The third-order valence-corrected chi connectivity index (χ3v) is 4.76. The van der Waals surface area contributed by atoms with E-state index in [1.54, 1.807) is 0 Å². The van der Waals surface area contributed by atoms with Crippen LogP contribution in [0, 0.1) is 12.7 Å². The summed E-state index contributed by atoms with van der Waals surface area (Å²) in [5, 5.41) is 10.8. The normalized spacial score (nSPS) is 21.4. The number of hydrogen-bond donors (Lipinski definition) is 1. The lowest BCUT2D eigenvalue weighted by Gasteiger charge is -2.46. The van der Waals surface area contributed by atoms with Gasteiger partial charge in [0.25, 0.3) is 0 Å². The molecule has 1 fully saturated rings. The molecule has 1 aliphatic rings. The summed E-state index contributed by atoms with van der Waals surface area (Å²) in [6.07, 6.45) is 3.84. The average Bonchev–Trinajstić information content (AvgIpc) is 2.45. The predicted octanol–water partition coefficient (Wildman–Crippen LogP) is 3.82. The van der Waals surface area contributed by atoms with Crippen molar-refractivity contribution < 1.29 is 9.50 Å². The quantitative estimate of drug-likeness (QED) is 0.905. The molecule has 1 aromatic carbocycles. The van der Waals surface area contributed by atoms with Crippen LogP contribution in [0.4, 0.5) is 4.39 Å². The molecule has 1 heterocycles. The van der Waals surface area contributed by atoms with Crippen LogP contribution in [0.1, 0.15) is 56.8 Å². The average molecular weight is 279 g/mol. The molecule has 2 rings (SSSR count). The van der Waals surface area contributed by atoms with Crippen molar-refractivity contribution in [2.45, 2.75) is 58.1 Å². The summed E-state index contributed by atoms with van der Waals surface area (Å²) in [4.78, 5) is 2.38. The fraction of sp³-hybridized carbons (Fsp3) is 0.647. The highest BCUT2D eigenvalue weighted by atomic mass is 19.1. The molecule has 2 unspecified atom stereocenters. The monoisotopic (exact) mass is 279 g/mol. The first-order valence-electron chi connectivity index (χ1n) is 7.67. The summed E-state index contributed by atoms with van der Waals surface area (Å²) in [7, 11) is 0. The highest BCUT2D eigenvalue weighted by Crippen LogP contribution is 2.36. The minimum absolute atomic E-state index is 0.267. The van der Waals surface area contributed by atoms with Gasteiger partial charge in [-0.3, -0.25) is 4.90 Å². The van der Waals surface area contributed by atoms with E-state index in [2.05, 4.69) is 18.7 Å². The lowest BCUT2D eigenvalue weighted by Crippen LogP contribution is -2.52. The van der Waals surface area contributed by atoms with E-state index < -0.39 is 6.10 Å². The van der Waals surface area contributed by atoms with Gasteiger partial charge in [-0.2, -0.15) is 0 Å². The predicted molar refractivity (Wildman–Crippen MR) is 80.2 cm³/mol. The number of benzene rings is 1. The Hall–Kier alpha value is -0.930. The van der Waals surface area contributed by atoms with Crippen LogP contribution in [-0.2, 0) is 0 Å². The van der Waals surface area contributed by atoms with Crippen LogP contribution in [0.3, 0.4) is 0 Å². The molecule has 3 heteroatoms. The molecule has 2 nitrogen and oxygen atoms in total. The first-order chi connectivity index (χ1) is 9.47. The molecule has 112 valence electrons. The van der Waals surface area contributed by atoms with Crippen molar-refractivity contribution in [1.29, 1.82) is 0 Å². The molecule has 2 atom stereocenters. The van der Waals surface area contributed by atoms with Gasteiger partial charge in [0.2, 0.25) is 0 Å². The summed E-state index contributed by atoms with van der Waals surface area (Å²) >= 11 is 0. The Morgan fingerprint density at radius 1 is 1.25 bits per heavy atom. The Morgan fingerprint density at radius 3 is 2.45 bits per heavy atom. The zero-order valence-electron chi connectivity index (χ0n) is 12.8. The maximum absolute atomic E-state index is 13.6. The molecular formula is C17H26FNO. The minimum atomic E-state index is -0.653. The van der Waals surface area contributed by atoms with Crippen molar-refractivity contribution in [3.63, 3.8) is 0 Å². The maximum Gasteiger partial charge on any atom is 0.123 e. The number of nitrogens with zero attached hydrogens (tertiary/aromatic N) is 1. The van der Waals surface area contributed by atoms with Crippen molar-refractivity contribution in [3.8, 4) is 0 Å². The molecule has 0 aromatic heterocycles. The van der Waals surface area contributed by atoms with Gasteiger partial charge >= 0.3 is 0 Å². The third-order valence-electron chi connectivity index (χ3n) is 4.76. The second-order valence-corrected chi connectivity index (χ2v) is 6.22. The van der Waals surface area contributed by atoms with E-state index in [0.717, 1.165) is 25.1 Å². The van der Waals surface area contributed by atoms with Crippen LogP contribution in [0.25, 0.3) is 0 Å². The first kappa shape index (κ1) is 15.5. The number of rotatable bonds is 4. The van der Waals surface area contributed by atoms with E-state index in [1.165, 1.54) is 31.4 Å². The van der Waals surface area contributed by atoms with E-state index in [1.807, 2.05) is 13.0 Å². The van der Waals surface area contributed by atoms with Gasteiger partial charge in [-0.15, -0.1) is 0 Å². The molecule has 1 aromatic rings. The van der Waals surface area contributed by atoms with Crippen molar-refractivity contribution in [3.05, 3.63) is 35.1 Å². The molecule has 0 aliphatic carbocycles. The zero-order valence-corrected chi connectivity index (χ0v) is 12.8. The summed E-state index contributed by atoms with van der Waals surface area (Å²) in [6, 6.07) is 4.86. The number of aliphatic hydroxyl groups is 1. The molecule has 0 radical (unpaired) electrons. The van der Waals surface area contributed by atoms with Gasteiger partial charge in [0.1, 0.15) is 5.82 Å². The second kappa shape index (κ2) is 6.23. The molecule has 1 N–H and O–H groups in total. The fourth-order valence-electron chi connectivity index (χ4n) is 3.28. The van der Waals surface area contributed by atoms with Gasteiger partial charge in [-0.1, -0.05) is 19.4 Å². The number of halogens is 1. The summed E-state index contributed by atoms with van der Waals surface area (Å²) in [5.41, 5.74) is 1.23. The summed E-state index contributed by atoms with van der Waals surface area (Å²) < 4.78 is 13.6. The SMILES string of the molecule is CCC(C)(C(O)c1cc(C)cc(F)c1)N1CCCCC1. The van der Waals surface area contributed by atoms with Crippen LogP contribution in [0.15, 0.2) is 18.2 Å². The lowest BCUT2D eigenvalue weighted by atomic mass is 9.83. The number of aryl methyl sites for hydroxylation is 1. The van der Waals surface area contributed by atoms with E-state index in [9.17, 15) is 9.50 Å². The fourth-order valence-corrected chi connectivity index (χ4v) is 3.28. The van der Waals surface area contributed by atoms with Gasteiger partial charge in [-0.25, -0.2) is 4.39 Å². The van der Waals surface area contributed by atoms with Crippen molar-refractivity contribution in [2.24, 2.45) is 0 Å². The highest BCUT2D eigenvalue weighted by Gasteiger charge is 2.38. The molecular weight excluding hydrogens is 253 g/mol. The van der Waals surface area contributed by atoms with Crippen LogP contribution in [-0.4, -0.2) is 28.6 Å². The Kier molecular flexibility index (Phi) is 4.82. The van der Waals surface area contributed by atoms with Crippen LogP contribution in [0.2, 0.25) is 0 Å². The van der Waals surface area contributed by atoms with Crippen LogP contribution in [0.5, 0.6) is 0 Å². The van der Waals surface area contributed by atoms with Gasteiger partial charge in [0.05, 0.1) is 6.10 Å². The molecule has 20 heavy (non-hydrogen) atoms. The number of likely N-dealkylation sites (tertiary alicyclic amines) is 1. The molecule has 0 spiro atoms. The molecule has 1 aliphatic heterocycles. The second-order valence-electron chi connectivity index (χ2n) is 6.22. The largest absolute Gasteiger partial charge is 0.386 e. The minimum Gasteiger partial charge on any atom is -0.386 e. The van der Waals surface area contributed by atoms with Gasteiger partial charge < -0.3 is 5.11 Å². The summed E-state index contributed by atoms with van der Waals surface area (Å²) in [5.74, 6) is -0.267. The van der Waals surface area contributed by atoms with Crippen LogP contribution >= 0.6 is 0 Å². The van der Waals surface area contributed by atoms with Crippen molar-refractivity contribution in [2.75, 3.05) is 13.1 Å². The summed E-state index contributed by atoms with van der Waals surface area (Å²) in [6.45, 7) is 8.11. The Morgan fingerprint density at radius 2 is 1.90 bits per heavy atom. The molecule has 0 bridgehead atoms. The van der Waals surface area contributed by atoms with Crippen molar-refractivity contribution >= 4 is 0 Å². The highest BCUT2D eigenvalue weighted by molar-refractivity contribution is 5.27. The van der Waals surface area contributed by atoms with E-state index in [-0.39, 0.29) is 11.4 Å². The number of piperidine rings is 1. The van der Waals surface area contributed by atoms with Crippen molar-refractivity contribution in [1.82, 2.24) is 4.90 Å². The first-order valence-corrected chi connectivity index (χ1v) is 7.67. The Balaban J connectivity index is 2.29. The molecule has 0 amide bonds. The maximum atomic E-state index is 13.6. The molecule has 0 saturated carbocycles. The Bertz CT molecular complexity index is 436. The molecule has 1 saturated heterocycles. The third kappa shape index (κ3) is 3.04. The van der Waals surface area contributed by atoms with E-state index >= 15 is 0 Å². The standard InChI is InChI=1S/C17H26FNO/c1-4-17(3,19-8-6-5-7-9-19)16(20)14-10-13(2)11-15(18)12-14/h10-12,16,20H,4-9H2,1-3H3. The number of hydrogen-bond acceptors (Lipinski definition) is 2. The van der Waals surface area contributed by atoms with E-state index in [0.29, 0.717) is 5.56 Å². The number of aliphatic hydroxyl groups excluding tert-OH is 1. The lowest BCUT2D eigenvalue weighted by molar-refractivity contribution is -0.0353. The zero-order chi connectivity index (χ0) is 14.8.